The molecule has 0 aliphatic heterocycles. The second-order valence-corrected chi connectivity index (χ2v) is 10.6. The number of methoxy groups -OCH3 is 1. The Kier molecular flexibility index (Phi) is 5.05. The standard InChI is InChI=1S/C23H36O6/c1-13(24)29-15-7-9-21(2)14(11-15)5-6-17-16(21)8-10-22(3)18(20(26)28-4)12-19(25)23(17,22)27/h14-19,25,27H,5-12H2,1-4H3/t14-,15-,16?,17?,18+,19-,21-,22+,23+/m0/s1. The molecule has 4 aliphatic rings. The normalized spacial score (nSPS) is 51.4. The minimum atomic E-state index is -1.25. The molecule has 4 saturated carbocycles. The summed E-state index contributed by atoms with van der Waals surface area (Å²) >= 11 is 0. The van der Waals surface area contributed by atoms with Gasteiger partial charge in [0.15, 0.2) is 0 Å². The van der Waals surface area contributed by atoms with Crippen molar-refractivity contribution in [1.82, 2.24) is 0 Å². The molecule has 2 N–H and O–H groups in total. The first kappa shape index (κ1) is 21.1. The molecule has 6 heteroatoms. The van der Waals surface area contributed by atoms with E-state index < -0.39 is 23.0 Å². The highest BCUT2D eigenvalue weighted by atomic mass is 16.5. The Labute approximate surface area is 173 Å². The molecule has 164 valence electrons. The van der Waals surface area contributed by atoms with Gasteiger partial charge in [-0.15, -0.1) is 0 Å². The van der Waals surface area contributed by atoms with Crippen LogP contribution in [0.3, 0.4) is 0 Å². The van der Waals surface area contributed by atoms with Crippen molar-refractivity contribution in [1.29, 1.82) is 0 Å². The highest BCUT2D eigenvalue weighted by Crippen LogP contribution is 2.69. The molecule has 4 fully saturated rings. The Morgan fingerprint density at radius 2 is 1.72 bits per heavy atom. The highest BCUT2D eigenvalue weighted by Gasteiger charge is 2.72. The first-order valence-corrected chi connectivity index (χ1v) is 11.2. The van der Waals surface area contributed by atoms with Crippen molar-refractivity contribution in [2.75, 3.05) is 7.11 Å². The number of rotatable bonds is 2. The van der Waals surface area contributed by atoms with Crippen molar-refractivity contribution in [2.45, 2.75) is 89.9 Å². The number of aliphatic hydroxyl groups excluding tert-OH is 1. The second-order valence-electron chi connectivity index (χ2n) is 10.6. The summed E-state index contributed by atoms with van der Waals surface area (Å²) in [5.74, 6) is -0.231. The van der Waals surface area contributed by atoms with Gasteiger partial charge in [0.05, 0.1) is 24.7 Å². The third-order valence-electron chi connectivity index (χ3n) is 9.65. The second kappa shape index (κ2) is 6.94. The number of hydrogen-bond acceptors (Lipinski definition) is 6. The molecule has 0 spiro atoms. The van der Waals surface area contributed by atoms with E-state index in [1.165, 1.54) is 14.0 Å². The summed E-state index contributed by atoms with van der Waals surface area (Å²) in [5.41, 5.74) is -1.84. The zero-order valence-corrected chi connectivity index (χ0v) is 18.1. The van der Waals surface area contributed by atoms with Crippen LogP contribution in [0.5, 0.6) is 0 Å². The van der Waals surface area contributed by atoms with Gasteiger partial charge >= 0.3 is 11.9 Å². The van der Waals surface area contributed by atoms with Crippen LogP contribution in [0.2, 0.25) is 0 Å². The van der Waals surface area contributed by atoms with Crippen molar-refractivity contribution in [2.24, 2.45) is 34.5 Å². The topological polar surface area (TPSA) is 93.1 Å². The van der Waals surface area contributed by atoms with Gasteiger partial charge in [-0.2, -0.15) is 0 Å². The third-order valence-corrected chi connectivity index (χ3v) is 9.65. The molecule has 9 atom stereocenters. The van der Waals surface area contributed by atoms with Crippen LogP contribution in [0.1, 0.15) is 72.1 Å². The van der Waals surface area contributed by atoms with Crippen LogP contribution in [0.15, 0.2) is 0 Å². The third kappa shape index (κ3) is 2.81. The number of ether oxygens (including phenoxy) is 2. The van der Waals surface area contributed by atoms with Crippen molar-refractivity contribution in [3.63, 3.8) is 0 Å². The van der Waals surface area contributed by atoms with Gasteiger partial charge in [-0.05, 0) is 74.5 Å². The minimum absolute atomic E-state index is 0.000145. The van der Waals surface area contributed by atoms with Crippen molar-refractivity contribution < 1.29 is 29.3 Å². The van der Waals surface area contributed by atoms with Gasteiger partial charge < -0.3 is 19.7 Å². The molecule has 0 aromatic carbocycles. The van der Waals surface area contributed by atoms with Crippen LogP contribution in [0.25, 0.3) is 0 Å². The van der Waals surface area contributed by atoms with E-state index in [1.807, 2.05) is 6.92 Å². The number of hydrogen-bond donors (Lipinski definition) is 2. The molecule has 0 saturated heterocycles. The maximum absolute atomic E-state index is 12.5. The smallest absolute Gasteiger partial charge is 0.309 e. The van der Waals surface area contributed by atoms with Gasteiger partial charge in [-0.25, -0.2) is 0 Å². The van der Waals surface area contributed by atoms with E-state index in [9.17, 15) is 19.8 Å². The largest absolute Gasteiger partial charge is 0.469 e. The van der Waals surface area contributed by atoms with Gasteiger partial charge in [0.1, 0.15) is 6.10 Å². The maximum Gasteiger partial charge on any atom is 0.309 e. The fourth-order valence-corrected chi connectivity index (χ4v) is 8.08. The van der Waals surface area contributed by atoms with E-state index in [1.54, 1.807) is 0 Å². The fourth-order valence-electron chi connectivity index (χ4n) is 8.08. The number of aliphatic hydroxyl groups is 2. The lowest BCUT2D eigenvalue weighted by Gasteiger charge is -2.63. The quantitative estimate of drug-likeness (QED) is 0.683. The molecule has 2 unspecified atom stereocenters. The predicted octanol–water partition coefficient (Wildman–Crippen LogP) is 2.84. The first-order chi connectivity index (χ1) is 13.6. The Morgan fingerprint density at radius 3 is 2.38 bits per heavy atom. The molecule has 29 heavy (non-hydrogen) atoms. The molecule has 0 heterocycles. The van der Waals surface area contributed by atoms with E-state index in [4.69, 9.17) is 9.47 Å². The van der Waals surface area contributed by atoms with Crippen molar-refractivity contribution in [3.05, 3.63) is 0 Å². The number of esters is 2. The van der Waals surface area contributed by atoms with E-state index in [0.717, 1.165) is 44.9 Å². The lowest BCUT2D eigenvalue weighted by molar-refractivity contribution is -0.238. The summed E-state index contributed by atoms with van der Waals surface area (Å²) in [6.45, 7) is 5.79. The molecule has 0 amide bonds. The zero-order valence-electron chi connectivity index (χ0n) is 18.1. The molecule has 0 aromatic rings. The van der Waals surface area contributed by atoms with E-state index in [2.05, 4.69) is 6.92 Å². The van der Waals surface area contributed by atoms with Crippen LogP contribution in [0, 0.1) is 34.5 Å². The fraction of sp³-hybridized carbons (Fsp3) is 0.913. The summed E-state index contributed by atoms with van der Waals surface area (Å²) in [6, 6.07) is 0. The van der Waals surface area contributed by atoms with E-state index >= 15 is 0 Å². The monoisotopic (exact) mass is 408 g/mol. The van der Waals surface area contributed by atoms with Crippen molar-refractivity contribution in [3.8, 4) is 0 Å². The molecule has 0 radical (unpaired) electrons. The van der Waals surface area contributed by atoms with Crippen LogP contribution < -0.4 is 0 Å². The molecular weight excluding hydrogens is 372 g/mol. The lowest BCUT2D eigenvalue weighted by Crippen LogP contribution is -2.65. The van der Waals surface area contributed by atoms with Crippen LogP contribution >= 0.6 is 0 Å². The summed E-state index contributed by atoms with van der Waals surface area (Å²) in [6.07, 6.45) is 5.57. The van der Waals surface area contributed by atoms with Gasteiger partial charge in [0, 0.05) is 12.3 Å². The van der Waals surface area contributed by atoms with Crippen LogP contribution in [-0.4, -0.2) is 47.1 Å². The van der Waals surface area contributed by atoms with E-state index in [-0.39, 0.29) is 35.8 Å². The molecule has 0 aromatic heterocycles. The number of carbonyl (C=O) groups excluding carboxylic acids is 2. The van der Waals surface area contributed by atoms with Crippen molar-refractivity contribution >= 4 is 11.9 Å². The van der Waals surface area contributed by atoms with Gasteiger partial charge in [-0.3, -0.25) is 9.59 Å². The average Bonchev–Trinajstić information content (AvgIpc) is 2.88. The molecular formula is C23H36O6. The zero-order chi connectivity index (χ0) is 21.2. The van der Waals surface area contributed by atoms with Gasteiger partial charge in [-0.1, -0.05) is 13.8 Å². The average molecular weight is 409 g/mol. The lowest BCUT2D eigenvalue weighted by atomic mass is 9.43. The highest BCUT2D eigenvalue weighted by molar-refractivity contribution is 5.74. The maximum atomic E-state index is 12.5. The molecule has 0 bridgehead atoms. The van der Waals surface area contributed by atoms with Crippen LogP contribution in [-0.2, 0) is 19.1 Å². The summed E-state index contributed by atoms with van der Waals surface area (Å²) in [4.78, 5) is 23.9. The first-order valence-electron chi connectivity index (χ1n) is 11.2. The Hall–Kier alpha value is -1.14. The summed E-state index contributed by atoms with van der Waals surface area (Å²) in [5, 5.41) is 23.0. The predicted molar refractivity (Wildman–Crippen MR) is 106 cm³/mol. The van der Waals surface area contributed by atoms with Gasteiger partial charge in [0.25, 0.3) is 0 Å². The SMILES string of the molecule is COC(=O)[C@H]1C[C@H](O)[C@]2(O)C3CC[C@H]4C[C@@H](OC(C)=O)CC[C@]4(C)C3CC[C@]12C. The summed E-state index contributed by atoms with van der Waals surface area (Å²) < 4.78 is 10.5. The minimum Gasteiger partial charge on any atom is -0.469 e. The Bertz CT molecular complexity index is 693. The van der Waals surface area contributed by atoms with Crippen LogP contribution in [0.4, 0.5) is 0 Å². The molecule has 4 rings (SSSR count). The Morgan fingerprint density at radius 1 is 1.00 bits per heavy atom. The van der Waals surface area contributed by atoms with Gasteiger partial charge in [0.2, 0.25) is 0 Å². The number of carbonyl (C=O) groups is 2. The molecule has 4 aliphatic carbocycles. The number of fused-ring (bicyclic) bond motifs is 5. The van der Waals surface area contributed by atoms with E-state index in [0.29, 0.717) is 11.8 Å². The summed E-state index contributed by atoms with van der Waals surface area (Å²) in [7, 11) is 1.38. The Balaban J connectivity index is 1.62. The molecule has 6 nitrogen and oxygen atoms in total.